The lowest BCUT2D eigenvalue weighted by Gasteiger charge is -2.49. The lowest BCUT2D eigenvalue weighted by atomic mass is 9.59. The number of rotatable bonds is 7. The number of piperidine rings is 1. The van der Waals surface area contributed by atoms with E-state index in [-0.39, 0.29) is 35.5 Å². The standard InChI is InChI=1S/C34H41FN6OS/c35-25-18-24(9-10-27(25)41-14-11-21(12-15-41)28-19-3-1-4-20(28)6-2-5-19)37-34-38-26-13-16-43-31(26)33(40-34)39-30-23-8-7-22(17-23)29(30)32(36)42/h7-10,13,16,18-23,28-30H,1-6,11-12,14-15,17H2,(H2,36,42)(H2,37,38,39,40). The summed E-state index contributed by atoms with van der Waals surface area (Å²) in [6.45, 7) is 1.86. The zero-order valence-electron chi connectivity index (χ0n) is 24.6. The van der Waals surface area contributed by atoms with Gasteiger partial charge in [0, 0.05) is 24.8 Å². The molecule has 8 rings (SSSR count). The number of nitrogens with zero attached hydrogens (tertiary/aromatic N) is 3. The number of anilines is 4. The van der Waals surface area contributed by atoms with Crippen LogP contribution in [0.3, 0.4) is 0 Å². The van der Waals surface area contributed by atoms with Gasteiger partial charge in [-0.25, -0.2) is 9.37 Å². The van der Waals surface area contributed by atoms with Gasteiger partial charge in [0.15, 0.2) is 0 Å². The molecule has 3 heterocycles. The van der Waals surface area contributed by atoms with Crippen LogP contribution in [0.4, 0.5) is 27.5 Å². The zero-order chi connectivity index (χ0) is 29.1. The predicted octanol–water partition coefficient (Wildman–Crippen LogP) is 7.09. The molecular weight excluding hydrogens is 559 g/mol. The van der Waals surface area contributed by atoms with Crippen LogP contribution >= 0.6 is 11.3 Å². The number of primary amides is 1. The van der Waals surface area contributed by atoms with Gasteiger partial charge in [0.2, 0.25) is 11.9 Å². The molecule has 3 saturated carbocycles. The first kappa shape index (κ1) is 27.4. The molecule has 9 heteroatoms. The molecule has 4 aliphatic carbocycles. The van der Waals surface area contributed by atoms with Crippen molar-refractivity contribution >= 4 is 50.6 Å². The van der Waals surface area contributed by atoms with Crippen molar-refractivity contribution in [2.24, 2.45) is 47.2 Å². The van der Waals surface area contributed by atoms with E-state index in [1.807, 2.05) is 23.6 Å². The van der Waals surface area contributed by atoms with Gasteiger partial charge in [-0.1, -0.05) is 50.7 Å². The molecule has 7 nitrogen and oxygen atoms in total. The lowest BCUT2D eigenvalue weighted by Crippen LogP contribution is -2.43. The summed E-state index contributed by atoms with van der Waals surface area (Å²) < 4.78 is 16.5. The molecule has 0 radical (unpaired) electrons. The SMILES string of the molecule is NC(=O)C1C2C=CC(C2)C1Nc1nc(Nc2ccc(N3CCC(C4C5CCCC4CCC5)CC3)c(F)c2)nc2ccsc12. The summed E-state index contributed by atoms with van der Waals surface area (Å²) >= 11 is 1.56. The highest BCUT2D eigenvalue weighted by atomic mass is 32.1. The number of benzene rings is 1. The molecule has 1 aliphatic heterocycles. The molecule has 4 unspecified atom stereocenters. The second-order valence-corrected chi connectivity index (χ2v) is 14.6. The van der Waals surface area contributed by atoms with Crippen molar-refractivity contribution in [1.82, 2.24) is 9.97 Å². The van der Waals surface area contributed by atoms with Crippen molar-refractivity contribution in [3.8, 4) is 0 Å². The molecule has 1 aromatic carbocycles. The molecule has 1 saturated heterocycles. The largest absolute Gasteiger partial charge is 0.369 e. The van der Waals surface area contributed by atoms with Gasteiger partial charge in [0.05, 0.1) is 21.8 Å². The highest BCUT2D eigenvalue weighted by molar-refractivity contribution is 7.17. The van der Waals surface area contributed by atoms with Gasteiger partial charge >= 0.3 is 0 Å². The number of amides is 1. The number of hydrogen-bond acceptors (Lipinski definition) is 7. The number of aromatic nitrogens is 2. The summed E-state index contributed by atoms with van der Waals surface area (Å²) in [5.74, 6) is 4.33. The number of nitrogens with one attached hydrogen (secondary N) is 2. The van der Waals surface area contributed by atoms with Crippen LogP contribution in [0, 0.1) is 47.2 Å². The average molecular weight is 601 g/mol. The van der Waals surface area contributed by atoms with Crippen molar-refractivity contribution in [3.63, 3.8) is 0 Å². The van der Waals surface area contributed by atoms with Crippen LogP contribution in [0.2, 0.25) is 0 Å². The molecule has 1 amide bonds. The van der Waals surface area contributed by atoms with Crippen LogP contribution in [0.1, 0.15) is 57.8 Å². The Morgan fingerprint density at radius 3 is 2.40 bits per heavy atom. The fraction of sp³-hybridized carbons (Fsp3) is 0.559. The first-order chi connectivity index (χ1) is 21.0. The van der Waals surface area contributed by atoms with Gasteiger partial charge in [0.1, 0.15) is 11.6 Å². The van der Waals surface area contributed by atoms with Gasteiger partial charge in [-0.15, -0.1) is 11.3 Å². The summed E-state index contributed by atoms with van der Waals surface area (Å²) in [6.07, 6.45) is 16.2. The van der Waals surface area contributed by atoms with Gasteiger partial charge in [-0.3, -0.25) is 4.79 Å². The molecular formula is C34H41FN6OS. The fourth-order valence-corrected chi connectivity index (χ4v) is 10.4. The van der Waals surface area contributed by atoms with Crippen molar-refractivity contribution in [1.29, 1.82) is 0 Å². The lowest BCUT2D eigenvalue weighted by molar-refractivity contribution is -0.122. The zero-order valence-corrected chi connectivity index (χ0v) is 25.4. The second-order valence-electron chi connectivity index (χ2n) is 13.7. The monoisotopic (exact) mass is 600 g/mol. The Balaban J connectivity index is 0.965. The number of carbonyl (C=O) groups is 1. The van der Waals surface area contributed by atoms with Crippen LogP contribution in [0.15, 0.2) is 41.8 Å². The van der Waals surface area contributed by atoms with Crippen LogP contribution < -0.4 is 21.3 Å². The summed E-state index contributed by atoms with van der Waals surface area (Å²) in [4.78, 5) is 24.0. The van der Waals surface area contributed by atoms with Crippen LogP contribution in [-0.2, 0) is 4.79 Å². The average Bonchev–Trinajstić information content (AvgIpc) is 3.74. The van der Waals surface area contributed by atoms with Crippen LogP contribution in [-0.4, -0.2) is 35.0 Å². The third-order valence-electron chi connectivity index (χ3n) is 11.4. The molecule has 2 aromatic heterocycles. The fourth-order valence-electron chi connectivity index (χ4n) is 9.58. The maximum absolute atomic E-state index is 15.6. The smallest absolute Gasteiger partial charge is 0.229 e. The van der Waals surface area contributed by atoms with Gasteiger partial charge < -0.3 is 21.3 Å². The highest BCUT2D eigenvalue weighted by Gasteiger charge is 2.48. The topological polar surface area (TPSA) is 96.2 Å². The molecule has 4 bridgehead atoms. The minimum absolute atomic E-state index is 0.0980. The van der Waals surface area contributed by atoms with E-state index < -0.39 is 0 Å². The number of allylic oxidation sites excluding steroid dienone is 1. The third kappa shape index (κ3) is 4.97. The van der Waals surface area contributed by atoms with E-state index >= 15 is 4.39 Å². The first-order valence-electron chi connectivity index (χ1n) is 16.3. The third-order valence-corrected chi connectivity index (χ3v) is 12.3. The van der Waals surface area contributed by atoms with Crippen molar-refractivity contribution in [2.75, 3.05) is 28.6 Å². The summed E-state index contributed by atoms with van der Waals surface area (Å²) in [5.41, 5.74) is 7.91. The van der Waals surface area contributed by atoms with E-state index in [0.29, 0.717) is 23.1 Å². The molecule has 0 spiro atoms. The van der Waals surface area contributed by atoms with Gasteiger partial charge in [0.25, 0.3) is 0 Å². The Morgan fingerprint density at radius 1 is 0.953 bits per heavy atom. The Kier molecular flexibility index (Phi) is 7.04. The minimum Gasteiger partial charge on any atom is -0.369 e. The molecule has 4 N–H and O–H groups in total. The first-order valence-corrected chi connectivity index (χ1v) is 17.2. The van der Waals surface area contributed by atoms with Crippen molar-refractivity contribution < 1.29 is 9.18 Å². The number of halogens is 1. The number of thiophene rings is 1. The van der Waals surface area contributed by atoms with E-state index in [0.717, 1.165) is 53.4 Å². The Morgan fingerprint density at radius 2 is 1.67 bits per heavy atom. The highest BCUT2D eigenvalue weighted by Crippen LogP contribution is 2.50. The Bertz CT molecular complexity index is 1530. The van der Waals surface area contributed by atoms with Gasteiger partial charge in [-0.05, 0) is 84.4 Å². The number of fused-ring (bicyclic) bond motifs is 5. The van der Waals surface area contributed by atoms with E-state index in [1.54, 1.807) is 17.4 Å². The molecule has 4 atom stereocenters. The summed E-state index contributed by atoms with van der Waals surface area (Å²) in [7, 11) is 0. The quantitative estimate of drug-likeness (QED) is 0.251. The number of carbonyl (C=O) groups excluding carboxylic acids is 1. The predicted molar refractivity (Wildman–Crippen MR) is 171 cm³/mol. The molecule has 5 aliphatic rings. The number of nitrogens with two attached hydrogens (primary N) is 1. The van der Waals surface area contributed by atoms with Crippen molar-refractivity contribution in [2.45, 2.75) is 63.8 Å². The maximum Gasteiger partial charge on any atom is 0.229 e. The molecule has 4 fully saturated rings. The molecule has 3 aromatic rings. The summed E-state index contributed by atoms with van der Waals surface area (Å²) in [6, 6.07) is 7.24. The second kappa shape index (κ2) is 11.1. The molecule has 226 valence electrons. The molecule has 43 heavy (non-hydrogen) atoms. The summed E-state index contributed by atoms with van der Waals surface area (Å²) in [5, 5.41) is 8.77. The van der Waals surface area contributed by atoms with Crippen LogP contribution in [0.25, 0.3) is 10.2 Å². The van der Waals surface area contributed by atoms with E-state index in [1.165, 1.54) is 51.4 Å². The van der Waals surface area contributed by atoms with E-state index in [2.05, 4.69) is 27.7 Å². The van der Waals surface area contributed by atoms with Crippen molar-refractivity contribution in [3.05, 3.63) is 47.6 Å². The van der Waals surface area contributed by atoms with E-state index in [9.17, 15) is 4.79 Å². The number of hydrogen-bond donors (Lipinski definition) is 3. The Hall–Kier alpha value is -3.20. The van der Waals surface area contributed by atoms with E-state index in [4.69, 9.17) is 15.7 Å². The van der Waals surface area contributed by atoms with Crippen LogP contribution in [0.5, 0.6) is 0 Å². The Labute approximate surface area is 256 Å². The van der Waals surface area contributed by atoms with Gasteiger partial charge in [-0.2, -0.15) is 4.98 Å². The minimum atomic E-state index is -0.277. The normalized spacial score (nSPS) is 31.9. The maximum atomic E-state index is 15.6.